The summed E-state index contributed by atoms with van der Waals surface area (Å²) >= 11 is 6.17. The second-order valence-electron chi connectivity index (χ2n) is 6.76. The molecule has 6 heteroatoms. The lowest BCUT2D eigenvalue weighted by Gasteiger charge is -2.09. The van der Waals surface area contributed by atoms with Crippen molar-refractivity contribution >= 4 is 17.5 Å². The Morgan fingerprint density at radius 1 is 1.26 bits per heavy atom. The Hall–Kier alpha value is -2.66. The Labute approximate surface area is 163 Å². The van der Waals surface area contributed by atoms with Gasteiger partial charge in [0.25, 0.3) is 5.91 Å². The van der Waals surface area contributed by atoms with Gasteiger partial charge in [0.05, 0.1) is 22.6 Å². The predicted octanol–water partition coefficient (Wildman–Crippen LogP) is 4.29. The highest BCUT2D eigenvalue weighted by Crippen LogP contribution is 2.42. The fraction of sp³-hybridized carbons (Fsp3) is 0.286. The number of benzene rings is 1. The topological polar surface area (TPSA) is 59.8 Å². The number of rotatable bonds is 6. The number of aromatic nitrogens is 3. The second kappa shape index (κ2) is 7.53. The van der Waals surface area contributed by atoms with Crippen LogP contribution in [-0.4, -0.2) is 20.7 Å². The first-order chi connectivity index (χ1) is 13.2. The largest absolute Gasteiger partial charge is 0.348 e. The van der Waals surface area contributed by atoms with Gasteiger partial charge in [-0.15, -0.1) is 0 Å². The smallest absolute Gasteiger partial charge is 0.255 e. The van der Waals surface area contributed by atoms with Gasteiger partial charge in [-0.2, -0.15) is 5.10 Å². The van der Waals surface area contributed by atoms with Crippen molar-refractivity contribution in [2.24, 2.45) is 0 Å². The molecule has 1 saturated carbocycles. The van der Waals surface area contributed by atoms with E-state index in [0.717, 1.165) is 35.5 Å². The number of hydrogen-bond donors (Lipinski definition) is 1. The van der Waals surface area contributed by atoms with Gasteiger partial charge in [0.2, 0.25) is 0 Å². The summed E-state index contributed by atoms with van der Waals surface area (Å²) in [5.74, 6) is 0.302. The Balaban J connectivity index is 1.69. The van der Waals surface area contributed by atoms with Crippen LogP contribution < -0.4 is 5.32 Å². The molecule has 1 aromatic carbocycles. The summed E-state index contributed by atoms with van der Waals surface area (Å²) in [5.41, 5.74) is 4.44. The summed E-state index contributed by atoms with van der Waals surface area (Å²) in [7, 11) is 0. The molecule has 138 valence electrons. The molecule has 4 rings (SSSR count). The minimum atomic E-state index is -0.0705. The maximum atomic E-state index is 13.1. The second-order valence-corrected chi connectivity index (χ2v) is 7.20. The lowest BCUT2D eigenvalue weighted by Crippen LogP contribution is -2.24. The maximum absolute atomic E-state index is 13.1. The van der Waals surface area contributed by atoms with E-state index in [-0.39, 0.29) is 5.91 Å². The van der Waals surface area contributed by atoms with E-state index in [1.807, 2.05) is 48.0 Å². The lowest BCUT2D eigenvalue weighted by molar-refractivity contribution is 0.0949. The minimum absolute atomic E-state index is 0.0705. The van der Waals surface area contributed by atoms with E-state index >= 15 is 0 Å². The molecule has 5 nitrogen and oxygen atoms in total. The fourth-order valence-corrected chi connectivity index (χ4v) is 3.47. The average molecular weight is 381 g/mol. The molecule has 0 aliphatic heterocycles. The van der Waals surface area contributed by atoms with E-state index in [4.69, 9.17) is 16.7 Å². The molecule has 0 atom stereocenters. The van der Waals surface area contributed by atoms with E-state index in [1.54, 1.807) is 12.4 Å². The number of halogens is 1. The lowest BCUT2D eigenvalue weighted by atomic mass is 10.1. The number of carbonyl (C=O) groups excluding carboxylic acids is 1. The molecule has 2 heterocycles. The van der Waals surface area contributed by atoms with Gasteiger partial charge in [-0.3, -0.25) is 9.78 Å². The van der Waals surface area contributed by atoms with Crippen LogP contribution in [0.25, 0.3) is 5.69 Å². The summed E-state index contributed by atoms with van der Waals surface area (Å²) in [4.78, 5) is 17.1. The molecular formula is C21H21ClN4O. The van der Waals surface area contributed by atoms with Crippen LogP contribution in [0.5, 0.6) is 0 Å². The highest BCUT2D eigenvalue weighted by Gasteiger charge is 2.34. The first kappa shape index (κ1) is 17.7. The zero-order valence-electron chi connectivity index (χ0n) is 15.2. The Morgan fingerprint density at radius 3 is 2.70 bits per heavy atom. The maximum Gasteiger partial charge on any atom is 0.255 e. The molecule has 1 amide bonds. The summed E-state index contributed by atoms with van der Waals surface area (Å²) in [6.45, 7) is 2.52. The molecule has 0 saturated heterocycles. The Bertz CT molecular complexity index is 964. The van der Waals surface area contributed by atoms with Crippen LogP contribution in [0.1, 0.15) is 53.0 Å². The van der Waals surface area contributed by atoms with Crippen LogP contribution in [-0.2, 0) is 13.0 Å². The van der Waals surface area contributed by atoms with Gasteiger partial charge in [0, 0.05) is 29.9 Å². The van der Waals surface area contributed by atoms with Crippen molar-refractivity contribution < 1.29 is 4.79 Å². The molecule has 1 fully saturated rings. The highest BCUT2D eigenvalue weighted by atomic mass is 35.5. The van der Waals surface area contributed by atoms with Crippen LogP contribution in [0.15, 0.2) is 48.8 Å². The van der Waals surface area contributed by atoms with E-state index in [2.05, 4.69) is 10.3 Å². The summed E-state index contributed by atoms with van der Waals surface area (Å²) < 4.78 is 1.88. The Morgan fingerprint density at radius 2 is 2.04 bits per heavy atom. The third kappa shape index (κ3) is 3.74. The monoisotopic (exact) mass is 380 g/mol. The first-order valence-corrected chi connectivity index (χ1v) is 9.60. The first-order valence-electron chi connectivity index (χ1n) is 9.22. The van der Waals surface area contributed by atoms with Crippen LogP contribution in [0.3, 0.4) is 0 Å². The van der Waals surface area contributed by atoms with Crippen LogP contribution in [0.2, 0.25) is 5.02 Å². The van der Waals surface area contributed by atoms with Crippen molar-refractivity contribution in [2.45, 2.75) is 38.6 Å². The summed E-state index contributed by atoms with van der Waals surface area (Å²) in [6, 6.07) is 11.4. The van der Waals surface area contributed by atoms with Gasteiger partial charge in [0.1, 0.15) is 0 Å². The molecule has 27 heavy (non-hydrogen) atoms. The van der Waals surface area contributed by atoms with E-state index in [0.29, 0.717) is 29.5 Å². The van der Waals surface area contributed by atoms with Crippen molar-refractivity contribution in [3.63, 3.8) is 0 Å². The molecule has 0 unspecified atom stereocenters. The molecule has 0 bridgehead atoms. The molecule has 1 aliphatic rings. The van der Waals surface area contributed by atoms with Gasteiger partial charge in [-0.05, 0) is 55.2 Å². The minimum Gasteiger partial charge on any atom is -0.348 e. The van der Waals surface area contributed by atoms with Gasteiger partial charge in [-0.1, -0.05) is 24.6 Å². The van der Waals surface area contributed by atoms with Gasteiger partial charge >= 0.3 is 0 Å². The van der Waals surface area contributed by atoms with Crippen LogP contribution in [0, 0.1) is 0 Å². The SMILES string of the molecule is CCc1c(C(=O)NCc2ccncc2)c(C2CC2)nn1-c1cccc(Cl)c1. The van der Waals surface area contributed by atoms with Crippen LogP contribution >= 0.6 is 11.6 Å². The number of nitrogens with one attached hydrogen (secondary N) is 1. The number of amides is 1. The standard InChI is InChI=1S/C21H21ClN4O/c1-2-18-19(21(27)24-13-14-8-10-23-11-9-14)20(15-6-7-15)25-26(18)17-5-3-4-16(22)12-17/h3-5,8-12,15H,2,6-7,13H2,1H3,(H,24,27). The molecule has 1 N–H and O–H groups in total. The number of nitrogens with zero attached hydrogens (tertiary/aromatic N) is 3. The molecule has 1 aliphatic carbocycles. The molecule has 2 aromatic heterocycles. The number of hydrogen-bond acceptors (Lipinski definition) is 3. The van der Waals surface area contributed by atoms with Gasteiger partial charge in [-0.25, -0.2) is 4.68 Å². The molecule has 0 spiro atoms. The van der Waals surface area contributed by atoms with Crippen molar-refractivity contribution in [1.29, 1.82) is 0 Å². The zero-order valence-corrected chi connectivity index (χ0v) is 15.9. The third-order valence-electron chi connectivity index (χ3n) is 4.79. The number of pyridine rings is 1. The van der Waals surface area contributed by atoms with Gasteiger partial charge < -0.3 is 5.32 Å². The quantitative estimate of drug-likeness (QED) is 0.693. The van der Waals surface area contributed by atoms with Crippen molar-refractivity contribution in [3.8, 4) is 5.69 Å². The van der Waals surface area contributed by atoms with E-state index in [9.17, 15) is 4.79 Å². The molecule has 3 aromatic rings. The average Bonchev–Trinajstić information content (AvgIpc) is 3.46. The summed E-state index contributed by atoms with van der Waals surface area (Å²) in [6.07, 6.45) is 6.34. The normalized spacial score (nSPS) is 13.6. The Kier molecular flexibility index (Phi) is 4.94. The van der Waals surface area contributed by atoms with Crippen molar-refractivity contribution in [1.82, 2.24) is 20.1 Å². The molecular weight excluding hydrogens is 360 g/mol. The highest BCUT2D eigenvalue weighted by molar-refractivity contribution is 6.30. The van der Waals surface area contributed by atoms with Crippen LogP contribution in [0.4, 0.5) is 0 Å². The van der Waals surface area contributed by atoms with Crippen molar-refractivity contribution in [3.05, 3.63) is 76.3 Å². The predicted molar refractivity (Wildman–Crippen MR) is 105 cm³/mol. The molecule has 0 radical (unpaired) electrons. The van der Waals surface area contributed by atoms with E-state index in [1.165, 1.54) is 0 Å². The van der Waals surface area contributed by atoms with Gasteiger partial charge in [0.15, 0.2) is 0 Å². The number of carbonyl (C=O) groups is 1. The zero-order chi connectivity index (χ0) is 18.8. The summed E-state index contributed by atoms with van der Waals surface area (Å²) in [5, 5.41) is 8.52. The fourth-order valence-electron chi connectivity index (χ4n) is 3.28. The third-order valence-corrected chi connectivity index (χ3v) is 5.02. The van der Waals surface area contributed by atoms with E-state index < -0.39 is 0 Å². The van der Waals surface area contributed by atoms with Crippen molar-refractivity contribution in [2.75, 3.05) is 0 Å².